The number of nitrogens with zero attached hydrogens (tertiary/aromatic N) is 4. The van der Waals surface area contributed by atoms with Crippen molar-refractivity contribution >= 4 is 56.5 Å². The minimum atomic E-state index is -0.126. The first-order chi connectivity index (χ1) is 14.6. The summed E-state index contributed by atoms with van der Waals surface area (Å²) >= 11 is 13.6. The molecule has 3 aromatic heterocycles. The van der Waals surface area contributed by atoms with Crippen LogP contribution in [0.1, 0.15) is 0 Å². The molecule has 6 nitrogen and oxygen atoms in total. The minimum absolute atomic E-state index is 0.126. The Kier molecular flexibility index (Phi) is 5.10. The highest BCUT2D eigenvalue weighted by molar-refractivity contribution is 7.17. The summed E-state index contributed by atoms with van der Waals surface area (Å²) in [6.07, 6.45) is 1.80. The monoisotopic (exact) mass is 457 g/mol. The number of benzene rings is 1. The van der Waals surface area contributed by atoms with E-state index in [1.165, 1.54) is 11.3 Å². The van der Waals surface area contributed by atoms with Crippen molar-refractivity contribution in [2.75, 3.05) is 36.0 Å². The van der Waals surface area contributed by atoms with Gasteiger partial charge in [-0.15, -0.1) is 11.3 Å². The number of pyridine rings is 1. The standard InChI is InChI=1S/C21H17Cl2N5OS/c22-15-5-4-13(11-16(15)23)14-12-30-19-18(14)25-21(26-20(19)29)28-9-7-27(8-10-28)17-3-1-2-6-24-17/h1-6,11-12H,7-10H2,(H,25,26,29). The summed E-state index contributed by atoms with van der Waals surface area (Å²) in [5, 5.41) is 2.91. The normalized spacial score (nSPS) is 14.5. The molecule has 1 aliphatic rings. The molecule has 4 heterocycles. The Morgan fingerprint density at radius 2 is 1.80 bits per heavy atom. The Balaban J connectivity index is 1.46. The lowest BCUT2D eigenvalue weighted by Crippen LogP contribution is -2.47. The number of halogens is 2. The molecule has 4 aromatic rings. The Morgan fingerprint density at radius 1 is 1.00 bits per heavy atom. The number of hydrogen-bond donors (Lipinski definition) is 1. The molecule has 0 aliphatic carbocycles. The summed E-state index contributed by atoms with van der Waals surface area (Å²) in [5.74, 6) is 1.56. The molecule has 0 unspecified atom stereocenters. The zero-order valence-electron chi connectivity index (χ0n) is 15.8. The van der Waals surface area contributed by atoms with Gasteiger partial charge in [-0.25, -0.2) is 9.97 Å². The lowest BCUT2D eigenvalue weighted by Gasteiger charge is -2.35. The fourth-order valence-corrected chi connectivity index (χ4v) is 4.83. The van der Waals surface area contributed by atoms with E-state index in [2.05, 4.69) is 19.8 Å². The first-order valence-electron chi connectivity index (χ1n) is 9.48. The van der Waals surface area contributed by atoms with Gasteiger partial charge in [0, 0.05) is 43.3 Å². The van der Waals surface area contributed by atoms with E-state index < -0.39 is 0 Å². The number of hydrogen-bond acceptors (Lipinski definition) is 6. The van der Waals surface area contributed by atoms with Crippen LogP contribution in [0.5, 0.6) is 0 Å². The molecule has 0 spiro atoms. The molecule has 30 heavy (non-hydrogen) atoms. The maximum atomic E-state index is 12.7. The van der Waals surface area contributed by atoms with Crippen LogP contribution < -0.4 is 15.4 Å². The van der Waals surface area contributed by atoms with Gasteiger partial charge in [0.2, 0.25) is 5.95 Å². The van der Waals surface area contributed by atoms with Gasteiger partial charge in [-0.3, -0.25) is 9.78 Å². The molecule has 1 N–H and O–H groups in total. The number of fused-ring (bicyclic) bond motifs is 1. The van der Waals surface area contributed by atoms with Crippen LogP contribution in [0, 0.1) is 0 Å². The van der Waals surface area contributed by atoms with E-state index in [0.717, 1.165) is 43.1 Å². The summed E-state index contributed by atoms with van der Waals surface area (Å²) in [4.78, 5) is 29.2. The highest BCUT2D eigenvalue weighted by atomic mass is 35.5. The summed E-state index contributed by atoms with van der Waals surface area (Å²) in [6.45, 7) is 3.11. The first kappa shape index (κ1) is 19.4. The molecule has 1 aliphatic heterocycles. The zero-order chi connectivity index (χ0) is 20.7. The number of H-pyrrole nitrogens is 1. The number of aromatic nitrogens is 3. The SMILES string of the molecule is O=c1[nH]c(N2CCN(c3ccccn3)CC2)nc2c(-c3ccc(Cl)c(Cl)c3)csc12. The molecule has 0 radical (unpaired) electrons. The van der Waals surface area contributed by atoms with Crippen molar-refractivity contribution in [2.24, 2.45) is 0 Å². The third-order valence-electron chi connectivity index (χ3n) is 5.20. The molecule has 1 aromatic carbocycles. The summed E-state index contributed by atoms with van der Waals surface area (Å²) in [6, 6.07) is 11.4. The van der Waals surface area contributed by atoms with Gasteiger partial charge in [0.15, 0.2) is 0 Å². The fourth-order valence-electron chi connectivity index (χ4n) is 3.62. The predicted molar refractivity (Wildman–Crippen MR) is 124 cm³/mol. The highest BCUT2D eigenvalue weighted by Crippen LogP contribution is 2.35. The van der Waals surface area contributed by atoms with E-state index in [-0.39, 0.29) is 5.56 Å². The largest absolute Gasteiger partial charge is 0.353 e. The third kappa shape index (κ3) is 3.53. The maximum Gasteiger partial charge on any atom is 0.270 e. The Morgan fingerprint density at radius 3 is 2.53 bits per heavy atom. The molecule has 152 valence electrons. The van der Waals surface area contributed by atoms with Crippen LogP contribution in [0.4, 0.5) is 11.8 Å². The van der Waals surface area contributed by atoms with Crippen LogP contribution in [0.2, 0.25) is 10.0 Å². The van der Waals surface area contributed by atoms with Gasteiger partial charge < -0.3 is 9.80 Å². The lowest BCUT2D eigenvalue weighted by atomic mass is 10.1. The zero-order valence-corrected chi connectivity index (χ0v) is 18.1. The van der Waals surface area contributed by atoms with Crippen LogP contribution in [0.3, 0.4) is 0 Å². The van der Waals surface area contributed by atoms with E-state index in [4.69, 9.17) is 28.2 Å². The second kappa shape index (κ2) is 7.91. The predicted octanol–water partition coefficient (Wildman–Crippen LogP) is 4.68. The molecule has 1 fully saturated rings. The van der Waals surface area contributed by atoms with Gasteiger partial charge in [-0.2, -0.15) is 0 Å². The summed E-state index contributed by atoms with van der Waals surface area (Å²) < 4.78 is 0.604. The van der Waals surface area contributed by atoms with Crippen molar-refractivity contribution < 1.29 is 0 Å². The second-order valence-corrected chi connectivity index (χ2v) is 8.70. The van der Waals surface area contributed by atoms with Gasteiger partial charge in [-0.1, -0.05) is 35.3 Å². The molecular formula is C21H17Cl2N5OS. The average molecular weight is 458 g/mol. The third-order valence-corrected chi connectivity index (χ3v) is 6.90. The van der Waals surface area contributed by atoms with Gasteiger partial charge in [-0.05, 0) is 29.8 Å². The molecule has 0 atom stereocenters. The molecular weight excluding hydrogens is 441 g/mol. The maximum absolute atomic E-state index is 12.7. The topological polar surface area (TPSA) is 65.1 Å². The van der Waals surface area contributed by atoms with Crippen LogP contribution in [-0.4, -0.2) is 41.1 Å². The number of thiophene rings is 1. The Bertz CT molecular complexity index is 1270. The molecule has 9 heteroatoms. The second-order valence-electron chi connectivity index (χ2n) is 7.01. The highest BCUT2D eigenvalue weighted by Gasteiger charge is 2.21. The number of anilines is 2. The van der Waals surface area contributed by atoms with Gasteiger partial charge >= 0.3 is 0 Å². The van der Waals surface area contributed by atoms with Crippen molar-refractivity contribution in [3.8, 4) is 11.1 Å². The van der Waals surface area contributed by atoms with Crippen molar-refractivity contribution in [2.45, 2.75) is 0 Å². The summed E-state index contributed by atoms with van der Waals surface area (Å²) in [7, 11) is 0. The smallest absolute Gasteiger partial charge is 0.270 e. The quantitative estimate of drug-likeness (QED) is 0.483. The van der Waals surface area contributed by atoms with E-state index in [1.807, 2.05) is 29.6 Å². The van der Waals surface area contributed by atoms with Crippen molar-refractivity contribution in [1.82, 2.24) is 15.0 Å². The summed E-state index contributed by atoms with van der Waals surface area (Å²) in [5.41, 5.74) is 2.33. The van der Waals surface area contributed by atoms with Gasteiger partial charge in [0.05, 0.1) is 15.6 Å². The molecule has 0 saturated carbocycles. The molecule has 0 bridgehead atoms. The number of rotatable bonds is 3. The van der Waals surface area contributed by atoms with E-state index in [9.17, 15) is 4.79 Å². The van der Waals surface area contributed by atoms with E-state index in [1.54, 1.807) is 18.3 Å². The van der Waals surface area contributed by atoms with Crippen LogP contribution in [0.25, 0.3) is 21.3 Å². The van der Waals surface area contributed by atoms with Crippen molar-refractivity contribution in [3.63, 3.8) is 0 Å². The average Bonchev–Trinajstić information content (AvgIpc) is 3.21. The Hall–Kier alpha value is -2.61. The fraction of sp³-hybridized carbons (Fsp3) is 0.190. The molecule has 5 rings (SSSR count). The minimum Gasteiger partial charge on any atom is -0.353 e. The number of aromatic amines is 1. The number of nitrogens with one attached hydrogen (secondary N) is 1. The Labute approximate surface area is 186 Å². The van der Waals surface area contributed by atoms with Crippen LogP contribution in [0.15, 0.2) is 52.8 Å². The molecule has 1 saturated heterocycles. The van der Waals surface area contributed by atoms with Crippen LogP contribution in [-0.2, 0) is 0 Å². The van der Waals surface area contributed by atoms with Crippen molar-refractivity contribution in [1.29, 1.82) is 0 Å². The first-order valence-corrected chi connectivity index (χ1v) is 11.1. The van der Waals surface area contributed by atoms with Crippen LogP contribution >= 0.6 is 34.5 Å². The van der Waals surface area contributed by atoms with Crippen molar-refractivity contribution in [3.05, 3.63) is 68.4 Å². The number of piperazine rings is 1. The van der Waals surface area contributed by atoms with Gasteiger partial charge in [0.1, 0.15) is 10.5 Å². The van der Waals surface area contributed by atoms with E-state index >= 15 is 0 Å². The lowest BCUT2D eigenvalue weighted by molar-refractivity contribution is 0.635. The molecule has 0 amide bonds. The van der Waals surface area contributed by atoms with Gasteiger partial charge in [0.25, 0.3) is 5.56 Å². The van der Waals surface area contributed by atoms with E-state index in [0.29, 0.717) is 26.2 Å².